The summed E-state index contributed by atoms with van der Waals surface area (Å²) < 4.78 is 5.47. The van der Waals surface area contributed by atoms with Crippen LogP contribution in [0, 0.1) is 0 Å². The van der Waals surface area contributed by atoms with Crippen LogP contribution in [-0.2, 0) is 0 Å². The summed E-state index contributed by atoms with van der Waals surface area (Å²) in [5, 5.41) is 17.5. The lowest BCUT2D eigenvalue weighted by molar-refractivity contribution is 0.104. The average molecular weight is 260 g/mol. The number of likely N-dealkylation sites (N-methyl/N-ethyl adjacent to an activating group) is 1. The number of nitrogens with zero attached hydrogens (tertiary/aromatic N) is 3. The Morgan fingerprint density at radius 3 is 2.71 bits per heavy atom. The van der Waals surface area contributed by atoms with E-state index >= 15 is 0 Å². The molecule has 0 radical (unpaired) electrons. The third-order valence-electron chi connectivity index (χ3n) is 3.26. The van der Waals surface area contributed by atoms with Crippen LogP contribution in [0.3, 0.4) is 0 Å². The van der Waals surface area contributed by atoms with E-state index in [9.17, 15) is 5.11 Å². The molecule has 1 heterocycles. The van der Waals surface area contributed by atoms with E-state index < -0.39 is 0 Å². The molecule has 1 N–H and O–H groups in total. The molecule has 0 saturated heterocycles. The topological polar surface area (TPSA) is 62.4 Å². The number of aliphatic hydroxyl groups excluding tert-OH is 1. The standard InChI is InChI=1S/C11H18ClN3O2/c1-7(12)10-13-14-11(17-10)15(2)8-5-3-4-6-9(8)16/h7-9,16H,3-6H2,1-2H3. The minimum Gasteiger partial charge on any atom is -0.406 e. The van der Waals surface area contributed by atoms with Crippen LogP contribution in [0.5, 0.6) is 0 Å². The number of aromatic nitrogens is 2. The molecule has 1 aliphatic rings. The van der Waals surface area contributed by atoms with Gasteiger partial charge in [-0.15, -0.1) is 16.7 Å². The maximum Gasteiger partial charge on any atom is 0.318 e. The number of rotatable bonds is 3. The molecule has 0 spiro atoms. The van der Waals surface area contributed by atoms with Gasteiger partial charge in [0.15, 0.2) is 0 Å². The zero-order valence-corrected chi connectivity index (χ0v) is 10.9. The largest absolute Gasteiger partial charge is 0.406 e. The highest BCUT2D eigenvalue weighted by molar-refractivity contribution is 6.20. The van der Waals surface area contributed by atoms with Crippen molar-refractivity contribution in [3.8, 4) is 0 Å². The monoisotopic (exact) mass is 259 g/mol. The van der Waals surface area contributed by atoms with Gasteiger partial charge in [0.05, 0.1) is 12.1 Å². The highest BCUT2D eigenvalue weighted by atomic mass is 35.5. The molecule has 3 atom stereocenters. The van der Waals surface area contributed by atoms with Gasteiger partial charge in [-0.1, -0.05) is 17.9 Å². The second kappa shape index (κ2) is 5.23. The molecular formula is C11H18ClN3O2. The zero-order valence-electron chi connectivity index (χ0n) is 10.1. The first-order valence-electron chi connectivity index (χ1n) is 5.98. The first kappa shape index (κ1) is 12.6. The predicted molar refractivity (Wildman–Crippen MR) is 65.2 cm³/mol. The molecule has 1 saturated carbocycles. The molecule has 1 aromatic rings. The van der Waals surface area contributed by atoms with Crippen LogP contribution in [0.15, 0.2) is 4.42 Å². The zero-order chi connectivity index (χ0) is 12.4. The Labute approximate surface area is 106 Å². The maximum absolute atomic E-state index is 9.96. The predicted octanol–water partition coefficient (Wildman–Crippen LogP) is 2.11. The van der Waals surface area contributed by atoms with Crippen molar-refractivity contribution in [1.29, 1.82) is 0 Å². The van der Waals surface area contributed by atoms with Crippen LogP contribution < -0.4 is 4.90 Å². The summed E-state index contributed by atoms with van der Waals surface area (Å²) in [6.45, 7) is 1.79. The minimum absolute atomic E-state index is 0.0580. The van der Waals surface area contributed by atoms with Gasteiger partial charge in [0, 0.05) is 7.05 Å². The Morgan fingerprint density at radius 2 is 2.12 bits per heavy atom. The summed E-state index contributed by atoms with van der Waals surface area (Å²) in [6.07, 6.45) is 3.67. The number of anilines is 1. The molecule has 2 rings (SSSR count). The Hall–Kier alpha value is -0.810. The Balaban J connectivity index is 2.09. The number of halogens is 1. The molecule has 96 valence electrons. The summed E-state index contributed by atoms with van der Waals surface area (Å²) in [7, 11) is 1.87. The fraction of sp³-hybridized carbons (Fsp3) is 0.818. The molecule has 17 heavy (non-hydrogen) atoms. The van der Waals surface area contributed by atoms with E-state index in [0.717, 1.165) is 25.7 Å². The van der Waals surface area contributed by atoms with Crippen LogP contribution in [-0.4, -0.2) is 34.5 Å². The molecule has 3 unspecified atom stereocenters. The highest BCUT2D eigenvalue weighted by Crippen LogP contribution is 2.27. The fourth-order valence-corrected chi connectivity index (χ4v) is 2.30. The maximum atomic E-state index is 9.96. The lowest BCUT2D eigenvalue weighted by Gasteiger charge is -2.33. The SMILES string of the molecule is CC(Cl)c1nnc(N(C)C2CCCCC2O)o1. The van der Waals surface area contributed by atoms with Crippen molar-refractivity contribution in [2.75, 3.05) is 11.9 Å². The number of alkyl halides is 1. The number of aliphatic hydroxyl groups is 1. The van der Waals surface area contributed by atoms with Crippen molar-refractivity contribution in [1.82, 2.24) is 10.2 Å². The number of hydrogen-bond acceptors (Lipinski definition) is 5. The molecule has 0 aliphatic heterocycles. The molecule has 1 fully saturated rings. The van der Waals surface area contributed by atoms with Gasteiger partial charge in [-0.05, 0) is 19.8 Å². The van der Waals surface area contributed by atoms with Gasteiger partial charge < -0.3 is 14.4 Å². The molecule has 0 amide bonds. The van der Waals surface area contributed by atoms with Gasteiger partial charge >= 0.3 is 6.01 Å². The average Bonchev–Trinajstić information content (AvgIpc) is 2.78. The molecule has 1 aliphatic carbocycles. The highest BCUT2D eigenvalue weighted by Gasteiger charge is 2.29. The summed E-state index contributed by atoms with van der Waals surface area (Å²) >= 11 is 5.87. The summed E-state index contributed by atoms with van der Waals surface area (Å²) in [4.78, 5) is 1.86. The second-order valence-electron chi connectivity index (χ2n) is 4.57. The molecule has 0 aromatic carbocycles. The van der Waals surface area contributed by atoms with Gasteiger partial charge in [0.1, 0.15) is 5.38 Å². The van der Waals surface area contributed by atoms with Crippen molar-refractivity contribution in [3.05, 3.63) is 5.89 Å². The van der Waals surface area contributed by atoms with Crippen molar-refractivity contribution in [3.63, 3.8) is 0 Å². The van der Waals surface area contributed by atoms with Gasteiger partial charge in [-0.2, -0.15) is 0 Å². The first-order chi connectivity index (χ1) is 8.09. The molecule has 5 nitrogen and oxygen atoms in total. The normalized spacial score (nSPS) is 26.8. The smallest absolute Gasteiger partial charge is 0.318 e. The van der Waals surface area contributed by atoms with Crippen LogP contribution in [0.1, 0.15) is 43.9 Å². The third-order valence-corrected chi connectivity index (χ3v) is 3.45. The molecule has 0 bridgehead atoms. The van der Waals surface area contributed by atoms with Gasteiger partial charge in [0.2, 0.25) is 5.89 Å². The van der Waals surface area contributed by atoms with E-state index in [-0.39, 0.29) is 17.5 Å². The van der Waals surface area contributed by atoms with Gasteiger partial charge in [-0.3, -0.25) is 0 Å². The van der Waals surface area contributed by atoms with E-state index in [2.05, 4.69) is 10.2 Å². The summed E-state index contributed by atoms with van der Waals surface area (Å²) in [6, 6.07) is 0.487. The van der Waals surface area contributed by atoms with Crippen LogP contribution in [0.2, 0.25) is 0 Å². The van der Waals surface area contributed by atoms with Crippen LogP contribution >= 0.6 is 11.6 Å². The molecule has 6 heteroatoms. The lowest BCUT2D eigenvalue weighted by Crippen LogP contribution is -2.43. The Bertz CT molecular complexity index is 369. The third kappa shape index (κ3) is 2.72. The van der Waals surface area contributed by atoms with Crippen molar-refractivity contribution in [2.24, 2.45) is 0 Å². The minimum atomic E-state index is -0.322. The van der Waals surface area contributed by atoms with Crippen molar-refractivity contribution >= 4 is 17.6 Å². The van der Waals surface area contributed by atoms with Crippen molar-refractivity contribution in [2.45, 2.75) is 50.1 Å². The summed E-state index contributed by atoms with van der Waals surface area (Å²) in [5.41, 5.74) is 0. The fourth-order valence-electron chi connectivity index (χ4n) is 2.22. The van der Waals surface area contributed by atoms with Crippen LogP contribution in [0.25, 0.3) is 0 Å². The molecule has 1 aromatic heterocycles. The first-order valence-corrected chi connectivity index (χ1v) is 6.41. The van der Waals surface area contributed by atoms with E-state index in [1.54, 1.807) is 6.92 Å². The number of hydrogen-bond donors (Lipinski definition) is 1. The van der Waals surface area contributed by atoms with E-state index in [1.807, 2.05) is 11.9 Å². The van der Waals surface area contributed by atoms with E-state index in [4.69, 9.17) is 16.0 Å². The quantitative estimate of drug-likeness (QED) is 0.843. The van der Waals surface area contributed by atoms with Gasteiger partial charge in [0.25, 0.3) is 0 Å². The lowest BCUT2D eigenvalue weighted by atomic mass is 9.92. The molecular weight excluding hydrogens is 242 g/mol. The Kier molecular flexibility index (Phi) is 3.89. The summed E-state index contributed by atoms with van der Waals surface area (Å²) in [5.74, 6) is 0.416. The van der Waals surface area contributed by atoms with E-state index in [0.29, 0.717) is 11.9 Å². The van der Waals surface area contributed by atoms with Crippen molar-refractivity contribution < 1.29 is 9.52 Å². The van der Waals surface area contributed by atoms with Gasteiger partial charge in [-0.25, -0.2) is 0 Å². The van der Waals surface area contributed by atoms with Crippen LogP contribution in [0.4, 0.5) is 6.01 Å². The van der Waals surface area contributed by atoms with E-state index in [1.165, 1.54) is 0 Å². The second-order valence-corrected chi connectivity index (χ2v) is 5.22. The Morgan fingerprint density at radius 1 is 1.41 bits per heavy atom.